The Kier molecular flexibility index (Phi) is 9.19. The normalized spacial score (nSPS) is 17.0. The number of anilines is 1. The molecule has 0 unspecified atom stereocenters. The van der Waals surface area contributed by atoms with Crippen LogP contribution < -0.4 is 4.90 Å². The first-order valence-corrected chi connectivity index (χ1v) is 11.7. The first kappa shape index (κ1) is 26.2. The summed E-state index contributed by atoms with van der Waals surface area (Å²) in [7, 11) is 0. The molecule has 5 nitrogen and oxygen atoms in total. The minimum atomic E-state index is -0.985. The third-order valence-corrected chi connectivity index (χ3v) is 5.84. The van der Waals surface area contributed by atoms with E-state index in [-0.39, 0.29) is 30.2 Å². The smallest absolute Gasteiger partial charge is 0.226 e. The number of amides is 2. The van der Waals surface area contributed by atoms with Crippen molar-refractivity contribution in [3.8, 4) is 0 Å². The quantitative estimate of drug-likeness (QED) is 0.651. The van der Waals surface area contributed by atoms with Crippen LogP contribution in [-0.2, 0) is 16.1 Å². The summed E-state index contributed by atoms with van der Waals surface area (Å²) in [6.45, 7) is 14.8. The summed E-state index contributed by atoms with van der Waals surface area (Å²) in [5.74, 6) is -2.11. The molecule has 1 aromatic carbocycles. The monoisotopic (exact) mass is 451 g/mol. The Labute approximate surface area is 191 Å². The standard InChI is InChI=1S/C25H39F2N3O2/c1-7-23(31)30-13-9-11-28(18(2)3)10-8-12-29(24(32)16-25(4,5)6)17-19-14-20(26)21(27)15-22(19)30/h14-15,18H,7-13,16-17H2,1-6H3. The Morgan fingerprint density at radius 1 is 0.969 bits per heavy atom. The number of carbonyl (C=O) groups excluding carboxylic acids is 2. The van der Waals surface area contributed by atoms with Crippen molar-refractivity contribution in [3.05, 3.63) is 29.3 Å². The fraction of sp³-hybridized carbons (Fsp3) is 0.680. The van der Waals surface area contributed by atoms with E-state index >= 15 is 0 Å². The van der Waals surface area contributed by atoms with Crippen molar-refractivity contribution in [1.82, 2.24) is 9.80 Å². The minimum absolute atomic E-state index is 0.0188. The van der Waals surface area contributed by atoms with Gasteiger partial charge in [0.15, 0.2) is 11.6 Å². The van der Waals surface area contributed by atoms with E-state index in [1.807, 2.05) is 20.8 Å². The number of hydrogen-bond acceptors (Lipinski definition) is 3. The molecule has 1 aliphatic heterocycles. The number of halogens is 2. The zero-order chi connectivity index (χ0) is 24.1. The molecule has 0 aromatic heterocycles. The zero-order valence-electron chi connectivity index (χ0n) is 20.5. The summed E-state index contributed by atoms with van der Waals surface area (Å²) in [6, 6.07) is 2.59. The van der Waals surface area contributed by atoms with E-state index in [1.165, 1.54) is 0 Å². The molecule has 1 heterocycles. The van der Waals surface area contributed by atoms with E-state index in [9.17, 15) is 18.4 Å². The molecular weight excluding hydrogens is 412 g/mol. The molecule has 0 fully saturated rings. The first-order valence-electron chi connectivity index (χ1n) is 11.7. The summed E-state index contributed by atoms with van der Waals surface area (Å²) < 4.78 is 28.5. The molecule has 1 aliphatic rings. The highest BCUT2D eigenvalue weighted by molar-refractivity contribution is 5.94. The van der Waals surface area contributed by atoms with Gasteiger partial charge < -0.3 is 14.7 Å². The molecule has 2 rings (SSSR count). The lowest BCUT2D eigenvalue weighted by Gasteiger charge is -2.33. The Hall–Kier alpha value is -2.02. The lowest BCUT2D eigenvalue weighted by Crippen LogP contribution is -2.41. The molecule has 0 radical (unpaired) electrons. The van der Waals surface area contributed by atoms with Crippen molar-refractivity contribution >= 4 is 17.5 Å². The highest BCUT2D eigenvalue weighted by Gasteiger charge is 2.26. The maximum atomic E-state index is 14.3. The van der Waals surface area contributed by atoms with E-state index in [0.29, 0.717) is 36.8 Å². The van der Waals surface area contributed by atoms with E-state index in [2.05, 4.69) is 18.7 Å². The van der Waals surface area contributed by atoms with Crippen LogP contribution in [0.3, 0.4) is 0 Å². The van der Waals surface area contributed by atoms with Gasteiger partial charge in [0.2, 0.25) is 11.8 Å². The van der Waals surface area contributed by atoms with Crippen molar-refractivity contribution in [3.63, 3.8) is 0 Å². The molecule has 0 spiro atoms. The van der Waals surface area contributed by atoms with Crippen LogP contribution in [0.4, 0.5) is 14.5 Å². The number of nitrogens with zero attached hydrogens (tertiary/aromatic N) is 3. The van der Waals surface area contributed by atoms with Crippen molar-refractivity contribution in [2.24, 2.45) is 5.41 Å². The lowest BCUT2D eigenvalue weighted by molar-refractivity contribution is -0.133. The number of rotatable bonds is 3. The maximum Gasteiger partial charge on any atom is 0.226 e. The van der Waals surface area contributed by atoms with Crippen LogP contribution in [-0.4, -0.2) is 53.8 Å². The molecule has 1 aromatic rings. The summed E-state index contributed by atoms with van der Waals surface area (Å²) in [6.07, 6.45) is 2.15. The summed E-state index contributed by atoms with van der Waals surface area (Å²) in [5.41, 5.74) is 0.640. The van der Waals surface area contributed by atoms with Crippen LogP contribution >= 0.6 is 0 Å². The third kappa shape index (κ3) is 7.26. The zero-order valence-corrected chi connectivity index (χ0v) is 20.5. The summed E-state index contributed by atoms with van der Waals surface area (Å²) in [4.78, 5) is 31.6. The van der Waals surface area contributed by atoms with Crippen LogP contribution in [0, 0.1) is 17.0 Å². The highest BCUT2D eigenvalue weighted by atomic mass is 19.2. The van der Waals surface area contributed by atoms with Gasteiger partial charge in [0, 0.05) is 57.7 Å². The summed E-state index contributed by atoms with van der Waals surface area (Å²) in [5, 5.41) is 0. The molecule has 0 saturated carbocycles. The molecule has 32 heavy (non-hydrogen) atoms. The van der Waals surface area contributed by atoms with Gasteiger partial charge in [-0.25, -0.2) is 8.78 Å². The van der Waals surface area contributed by atoms with Gasteiger partial charge in [0.25, 0.3) is 0 Å². The maximum absolute atomic E-state index is 14.3. The topological polar surface area (TPSA) is 43.9 Å². The van der Waals surface area contributed by atoms with E-state index < -0.39 is 11.6 Å². The predicted octanol–water partition coefficient (Wildman–Crippen LogP) is 4.98. The number of fused-ring (bicyclic) bond motifs is 1. The summed E-state index contributed by atoms with van der Waals surface area (Å²) >= 11 is 0. The molecule has 180 valence electrons. The lowest BCUT2D eigenvalue weighted by atomic mass is 9.91. The Morgan fingerprint density at radius 2 is 1.56 bits per heavy atom. The Bertz CT molecular complexity index is 805. The highest BCUT2D eigenvalue weighted by Crippen LogP contribution is 2.28. The van der Waals surface area contributed by atoms with Crippen molar-refractivity contribution in [1.29, 1.82) is 0 Å². The van der Waals surface area contributed by atoms with Crippen molar-refractivity contribution < 1.29 is 18.4 Å². The SMILES string of the molecule is CCC(=O)N1CCCN(C(C)C)CCCN(C(=O)CC(C)(C)C)Cc2cc(F)c(F)cc21. The number of benzene rings is 1. The molecule has 0 saturated heterocycles. The number of hydrogen-bond donors (Lipinski definition) is 0. The second kappa shape index (κ2) is 11.2. The third-order valence-electron chi connectivity index (χ3n) is 5.84. The molecular formula is C25H39F2N3O2. The average molecular weight is 452 g/mol. The second-order valence-corrected chi connectivity index (χ2v) is 10.2. The minimum Gasteiger partial charge on any atom is -0.338 e. The van der Waals surface area contributed by atoms with Crippen molar-refractivity contribution in [2.75, 3.05) is 31.1 Å². The van der Waals surface area contributed by atoms with Crippen LogP contribution in [0.2, 0.25) is 0 Å². The van der Waals surface area contributed by atoms with Gasteiger partial charge in [-0.3, -0.25) is 9.59 Å². The van der Waals surface area contributed by atoms with Gasteiger partial charge in [-0.15, -0.1) is 0 Å². The molecule has 0 atom stereocenters. The van der Waals surface area contributed by atoms with E-state index in [1.54, 1.807) is 16.7 Å². The van der Waals surface area contributed by atoms with E-state index in [0.717, 1.165) is 38.1 Å². The van der Waals surface area contributed by atoms with Gasteiger partial charge in [-0.2, -0.15) is 0 Å². The molecule has 0 bridgehead atoms. The van der Waals surface area contributed by atoms with Crippen LogP contribution in [0.15, 0.2) is 12.1 Å². The van der Waals surface area contributed by atoms with Gasteiger partial charge in [-0.05, 0) is 43.7 Å². The Balaban J connectivity index is 2.51. The van der Waals surface area contributed by atoms with Gasteiger partial charge in [0.1, 0.15) is 0 Å². The van der Waals surface area contributed by atoms with Crippen LogP contribution in [0.25, 0.3) is 0 Å². The fourth-order valence-corrected chi connectivity index (χ4v) is 4.11. The molecule has 2 amide bonds. The van der Waals surface area contributed by atoms with Crippen LogP contribution in [0.1, 0.15) is 72.8 Å². The Morgan fingerprint density at radius 3 is 2.12 bits per heavy atom. The van der Waals surface area contributed by atoms with E-state index in [4.69, 9.17) is 0 Å². The second-order valence-electron chi connectivity index (χ2n) is 10.2. The van der Waals surface area contributed by atoms with Crippen molar-refractivity contribution in [2.45, 2.75) is 79.8 Å². The van der Waals surface area contributed by atoms with Gasteiger partial charge in [0.05, 0.1) is 5.69 Å². The van der Waals surface area contributed by atoms with Gasteiger partial charge in [-0.1, -0.05) is 27.7 Å². The number of carbonyl (C=O) groups is 2. The van der Waals surface area contributed by atoms with Crippen LogP contribution in [0.5, 0.6) is 0 Å². The fourth-order valence-electron chi connectivity index (χ4n) is 4.11. The molecule has 0 N–H and O–H groups in total. The predicted molar refractivity (Wildman–Crippen MR) is 124 cm³/mol. The average Bonchev–Trinajstić information content (AvgIpc) is 2.68. The molecule has 0 aliphatic carbocycles. The largest absolute Gasteiger partial charge is 0.338 e. The first-order chi connectivity index (χ1) is 14.9. The molecule has 7 heteroatoms. The van der Waals surface area contributed by atoms with Gasteiger partial charge >= 0.3 is 0 Å².